The largest absolute Gasteiger partial charge is 0.493 e. The molecule has 5 rings (SSSR count). The van der Waals surface area contributed by atoms with Gasteiger partial charge in [-0.15, -0.1) is 0 Å². The molecular formula is C27H28FN3O3. The van der Waals surface area contributed by atoms with Crippen molar-refractivity contribution in [2.75, 3.05) is 18.5 Å². The number of nitrogens with zero attached hydrogens (tertiary/aromatic N) is 2. The van der Waals surface area contributed by atoms with Crippen LogP contribution in [0.5, 0.6) is 5.75 Å². The predicted octanol–water partition coefficient (Wildman–Crippen LogP) is 5.75. The van der Waals surface area contributed by atoms with Crippen LogP contribution in [0.1, 0.15) is 50.4 Å². The van der Waals surface area contributed by atoms with Gasteiger partial charge in [0.25, 0.3) is 0 Å². The molecule has 0 fully saturated rings. The summed E-state index contributed by atoms with van der Waals surface area (Å²) >= 11 is 0. The molecule has 0 amide bonds. The maximum Gasteiger partial charge on any atom is 0.304 e. The third-order valence-corrected chi connectivity index (χ3v) is 6.76. The molecule has 1 aliphatic carbocycles. The van der Waals surface area contributed by atoms with Crippen molar-refractivity contribution >= 4 is 28.4 Å². The number of aryl methyl sites for hydroxylation is 1. The molecule has 34 heavy (non-hydrogen) atoms. The number of ether oxygens (including phenoxy) is 1. The molecule has 2 aliphatic rings. The highest BCUT2D eigenvalue weighted by atomic mass is 19.1. The van der Waals surface area contributed by atoms with Crippen molar-refractivity contribution in [2.24, 2.45) is 0 Å². The van der Waals surface area contributed by atoms with Gasteiger partial charge in [0.2, 0.25) is 0 Å². The normalized spacial score (nSPS) is 17.5. The second-order valence-electron chi connectivity index (χ2n) is 8.90. The summed E-state index contributed by atoms with van der Waals surface area (Å²) in [6.45, 7) is 5.24. The van der Waals surface area contributed by atoms with E-state index in [0.717, 1.165) is 58.8 Å². The third kappa shape index (κ3) is 4.06. The van der Waals surface area contributed by atoms with E-state index in [1.807, 2.05) is 18.2 Å². The molecule has 7 heteroatoms. The molecule has 2 aromatic carbocycles. The smallest absolute Gasteiger partial charge is 0.304 e. The van der Waals surface area contributed by atoms with Crippen molar-refractivity contribution in [1.82, 2.24) is 9.55 Å². The number of carboxylic acids is 1. The zero-order chi connectivity index (χ0) is 23.8. The monoisotopic (exact) mass is 461 g/mol. The molecule has 0 saturated heterocycles. The number of rotatable bonds is 7. The van der Waals surface area contributed by atoms with Gasteiger partial charge in [0.15, 0.2) is 0 Å². The first-order valence-electron chi connectivity index (χ1n) is 11.7. The van der Waals surface area contributed by atoms with E-state index in [0.29, 0.717) is 13.2 Å². The summed E-state index contributed by atoms with van der Waals surface area (Å²) in [7, 11) is 0. The number of benzene rings is 2. The van der Waals surface area contributed by atoms with Crippen LogP contribution in [-0.4, -0.2) is 33.8 Å². The van der Waals surface area contributed by atoms with E-state index >= 15 is 0 Å². The fourth-order valence-corrected chi connectivity index (χ4v) is 4.99. The van der Waals surface area contributed by atoms with Gasteiger partial charge >= 0.3 is 5.97 Å². The number of anilines is 1. The van der Waals surface area contributed by atoms with Gasteiger partial charge < -0.3 is 15.2 Å². The number of hydrogen-bond acceptors (Lipinski definition) is 4. The van der Waals surface area contributed by atoms with Crippen LogP contribution in [0.25, 0.3) is 16.7 Å². The third-order valence-electron chi connectivity index (χ3n) is 6.76. The lowest BCUT2D eigenvalue weighted by Crippen LogP contribution is -2.13. The lowest BCUT2D eigenvalue weighted by molar-refractivity contribution is -0.137. The van der Waals surface area contributed by atoms with Gasteiger partial charge in [-0.05, 0) is 49.1 Å². The Balaban J connectivity index is 1.38. The Hall–Kier alpha value is -3.61. The molecule has 176 valence electrons. The van der Waals surface area contributed by atoms with Crippen molar-refractivity contribution < 1.29 is 19.0 Å². The minimum absolute atomic E-state index is 0.0754. The predicted molar refractivity (Wildman–Crippen MR) is 131 cm³/mol. The topological polar surface area (TPSA) is 76.4 Å². The molecule has 2 heterocycles. The zero-order valence-corrected chi connectivity index (χ0v) is 19.4. The average molecular weight is 462 g/mol. The van der Waals surface area contributed by atoms with Crippen LogP contribution in [-0.2, 0) is 11.2 Å². The number of nitrogens with one attached hydrogen (secondary N) is 1. The number of hydrogen-bond donors (Lipinski definition) is 2. The molecule has 3 aromatic rings. The molecule has 0 bridgehead atoms. The number of aromatic nitrogens is 2. The molecule has 1 atom stereocenters. The standard InChI is InChI=1S/C27H28FN3O3/c1-3-26-30-22-10-7-19(28)12-24(22)31(26)23-6-4-5-17(16(23)2)14-29-20-8-9-21-18(11-27(32)33)15-34-25(21)13-20/h5,7-10,12-13,18,29H,3-4,6,11,14-15H2,1-2H3,(H,32,33)/t18-/m1/s1. The highest BCUT2D eigenvalue weighted by molar-refractivity contribution is 5.81. The van der Waals surface area contributed by atoms with Crippen LogP contribution in [0.4, 0.5) is 10.1 Å². The highest BCUT2D eigenvalue weighted by Gasteiger charge is 2.26. The lowest BCUT2D eigenvalue weighted by atomic mass is 9.95. The van der Waals surface area contributed by atoms with E-state index in [9.17, 15) is 9.18 Å². The molecular weight excluding hydrogens is 433 g/mol. The second-order valence-corrected chi connectivity index (χ2v) is 8.90. The van der Waals surface area contributed by atoms with Gasteiger partial charge in [-0.1, -0.05) is 19.1 Å². The van der Waals surface area contributed by atoms with Gasteiger partial charge in [-0.2, -0.15) is 0 Å². The van der Waals surface area contributed by atoms with Gasteiger partial charge in [0.05, 0.1) is 24.1 Å². The van der Waals surface area contributed by atoms with E-state index in [4.69, 9.17) is 14.8 Å². The molecule has 1 aromatic heterocycles. The van der Waals surface area contributed by atoms with Crippen molar-refractivity contribution in [3.63, 3.8) is 0 Å². The summed E-state index contributed by atoms with van der Waals surface area (Å²) in [6, 6.07) is 10.7. The Morgan fingerprint density at radius 1 is 1.29 bits per heavy atom. The Morgan fingerprint density at radius 3 is 2.94 bits per heavy atom. The average Bonchev–Trinajstić information content (AvgIpc) is 3.38. The number of halogens is 1. The summed E-state index contributed by atoms with van der Waals surface area (Å²) in [5.41, 5.74) is 7.05. The zero-order valence-electron chi connectivity index (χ0n) is 19.4. The first-order valence-corrected chi connectivity index (χ1v) is 11.7. The molecule has 0 saturated carbocycles. The fraction of sp³-hybridized carbons (Fsp3) is 0.333. The Labute approximate surface area is 197 Å². The van der Waals surface area contributed by atoms with E-state index in [1.54, 1.807) is 12.1 Å². The fourth-order valence-electron chi connectivity index (χ4n) is 4.99. The first-order chi connectivity index (χ1) is 16.4. The Morgan fingerprint density at radius 2 is 2.15 bits per heavy atom. The molecule has 0 radical (unpaired) electrons. The Bertz CT molecular complexity index is 1340. The summed E-state index contributed by atoms with van der Waals surface area (Å²) in [6.07, 6.45) is 4.88. The van der Waals surface area contributed by atoms with Crippen LogP contribution in [0, 0.1) is 5.82 Å². The summed E-state index contributed by atoms with van der Waals surface area (Å²) in [5, 5.41) is 12.6. The molecule has 2 N–H and O–H groups in total. The van der Waals surface area contributed by atoms with Crippen LogP contribution < -0.4 is 10.1 Å². The second kappa shape index (κ2) is 8.97. The van der Waals surface area contributed by atoms with Crippen molar-refractivity contribution in [3.8, 4) is 5.75 Å². The number of imidazole rings is 1. The SMILES string of the molecule is CCc1nc2ccc(F)cc2n1C1=C(C)C(CNc2ccc3c(c2)OC[C@H]3CC(=O)O)=CCC1. The summed E-state index contributed by atoms with van der Waals surface area (Å²) < 4.78 is 21.9. The molecule has 0 spiro atoms. The summed E-state index contributed by atoms with van der Waals surface area (Å²) in [5.74, 6) is 0.521. The lowest BCUT2D eigenvalue weighted by Gasteiger charge is -2.23. The van der Waals surface area contributed by atoms with Gasteiger partial charge in [-0.3, -0.25) is 9.36 Å². The number of allylic oxidation sites excluding steroid dienone is 2. The van der Waals surface area contributed by atoms with Crippen molar-refractivity contribution in [1.29, 1.82) is 0 Å². The quantitative estimate of drug-likeness (QED) is 0.468. The van der Waals surface area contributed by atoms with E-state index in [1.165, 1.54) is 17.2 Å². The van der Waals surface area contributed by atoms with Gasteiger partial charge in [0.1, 0.15) is 17.4 Å². The van der Waals surface area contributed by atoms with Gasteiger partial charge in [0, 0.05) is 48.0 Å². The number of aliphatic carboxylic acids is 1. The van der Waals surface area contributed by atoms with Crippen molar-refractivity contribution in [2.45, 2.75) is 45.4 Å². The number of carbonyl (C=O) groups is 1. The maximum atomic E-state index is 14.0. The Kier molecular flexibility index (Phi) is 5.86. The highest BCUT2D eigenvalue weighted by Crippen LogP contribution is 2.38. The van der Waals surface area contributed by atoms with E-state index in [2.05, 4.69) is 29.8 Å². The maximum absolute atomic E-state index is 14.0. The molecule has 6 nitrogen and oxygen atoms in total. The number of carboxylic acid groups (broad SMARTS) is 1. The number of fused-ring (bicyclic) bond motifs is 2. The van der Waals surface area contributed by atoms with E-state index in [-0.39, 0.29) is 18.2 Å². The van der Waals surface area contributed by atoms with E-state index < -0.39 is 5.97 Å². The van der Waals surface area contributed by atoms with Crippen LogP contribution in [0.3, 0.4) is 0 Å². The minimum atomic E-state index is -0.814. The molecule has 0 unspecified atom stereocenters. The first kappa shape index (κ1) is 22.2. The van der Waals surface area contributed by atoms with Crippen LogP contribution in [0.2, 0.25) is 0 Å². The summed E-state index contributed by atoms with van der Waals surface area (Å²) in [4.78, 5) is 15.8. The molecule has 1 aliphatic heterocycles. The minimum Gasteiger partial charge on any atom is -0.493 e. The van der Waals surface area contributed by atoms with Crippen LogP contribution >= 0.6 is 0 Å². The van der Waals surface area contributed by atoms with Crippen LogP contribution in [0.15, 0.2) is 53.6 Å². The van der Waals surface area contributed by atoms with Crippen molar-refractivity contribution in [3.05, 3.63) is 70.8 Å². The van der Waals surface area contributed by atoms with Gasteiger partial charge in [-0.25, -0.2) is 9.37 Å².